The maximum absolute atomic E-state index is 11.0. The van der Waals surface area contributed by atoms with E-state index in [0.717, 1.165) is 10.8 Å². The van der Waals surface area contributed by atoms with Gasteiger partial charge in [-0.25, -0.2) is 4.79 Å². The smallest absolute Gasteiger partial charge is 0.322 e. The van der Waals surface area contributed by atoms with Crippen LogP contribution in [0.25, 0.3) is 0 Å². The van der Waals surface area contributed by atoms with Crippen LogP contribution in [-0.2, 0) is 4.79 Å². The third-order valence-corrected chi connectivity index (χ3v) is 3.74. The Bertz CT molecular complexity index is 211. The Morgan fingerprint density at radius 3 is 2.77 bits per heavy atom. The summed E-state index contributed by atoms with van der Waals surface area (Å²) in [6.07, 6.45) is 2.75. The summed E-state index contributed by atoms with van der Waals surface area (Å²) in [6, 6.07) is -0.688. The number of amides is 3. The summed E-state index contributed by atoms with van der Waals surface area (Å²) in [6.45, 7) is 0. The summed E-state index contributed by atoms with van der Waals surface area (Å²) in [5.41, 5.74) is 0. The first-order valence-electron chi connectivity index (χ1n) is 3.92. The molecule has 1 atom stereocenters. The Morgan fingerprint density at radius 1 is 1.46 bits per heavy atom. The maximum atomic E-state index is 11.0. The Kier molecular flexibility index (Phi) is 4.44. The quantitative estimate of drug-likeness (QED) is 0.405. The van der Waals surface area contributed by atoms with E-state index in [1.54, 1.807) is 23.5 Å². The fourth-order valence-corrected chi connectivity index (χ4v) is 2.55. The summed E-state index contributed by atoms with van der Waals surface area (Å²) < 4.78 is 0. The molecule has 74 valence electrons. The predicted octanol–water partition coefficient (Wildman–Crippen LogP) is 0.638. The summed E-state index contributed by atoms with van der Waals surface area (Å²) in [7, 11) is 0. The number of hydrogen-bond donors (Lipinski definition) is 2. The lowest BCUT2D eigenvalue weighted by Crippen LogP contribution is -2.29. The molecule has 0 saturated carbocycles. The highest BCUT2D eigenvalue weighted by Crippen LogP contribution is 2.11. The lowest BCUT2D eigenvalue weighted by Gasteiger charge is -2.05. The standard InChI is InChI=1S/C7H12N2O2S2/c1-12-4-13-3-2-5-6(10)9-7(11)8-5/h5H,2-4H2,1H3,(H2,8,9,10,11). The van der Waals surface area contributed by atoms with Crippen molar-refractivity contribution < 1.29 is 9.59 Å². The van der Waals surface area contributed by atoms with Gasteiger partial charge < -0.3 is 5.32 Å². The number of thioether (sulfide) groups is 2. The minimum atomic E-state index is -0.370. The van der Waals surface area contributed by atoms with Gasteiger partial charge in [-0.15, -0.1) is 0 Å². The first-order valence-corrected chi connectivity index (χ1v) is 6.47. The molecule has 2 N–H and O–H groups in total. The molecule has 13 heavy (non-hydrogen) atoms. The highest BCUT2D eigenvalue weighted by atomic mass is 32.2. The van der Waals surface area contributed by atoms with Crippen molar-refractivity contribution in [3.8, 4) is 0 Å². The molecule has 0 aliphatic carbocycles. The number of urea groups is 1. The van der Waals surface area contributed by atoms with E-state index in [4.69, 9.17) is 0 Å². The van der Waals surface area contributed by atoms with Gasteiger partial charge >= 0.3 is 6.03 Å². The number of carbonyl (C=O) groups excluding carboxylic acids is 2. The van der Waals surface area contributed by atoms with E-state index in [-0.39, 0.29) is 18.0 Å². The number of nitrogens with one attached hydrogen (secondary N) is 2. The summed E-state index contributed by atoms with van der Waals surface area (Å²) in [5, 5.41) is 5.80. The van der Waals surface area contributed by atoms with E-state index in [1.807, 2.05) is 6.26 Å². The van der Waals surface area contributed by atoms with Crippen LogP contribution in [0.3, 0.4) is 0 Å². The number of hydrogen-bond acceptors (Lipinski definition) is 4. The molecule has 3 amide bonds. The molecule has 0 aromatic heterocycles. The molecule has 1 aliphatic heterocycles. The van der Waals surface area contributed by atoms with Gasteiger partial charge in [-0.1, -0.05) is 0 Å². The lowest BCUT2D eigenvalue weighted by molar-refractivity contribution is -0.120. The first kappa shape index (κ1) is 10.7. The van der Waals surface area contributed by atoms with Gasteiger partial charge in [0.1, 0.15) is 6.04 Å². The van der Waals surface area contributed by atoms with Gasteiger partial charge in [-0.2, -0.15) is 23.5 Å². The molecule has 1 rings (SSSR count). The van der Waals surface area contributed by atoms with Crippen LogP contribution < -0.4 is 10.6 Å². The van der Waals surface area contributed by atoms with E-state index in [2.05, 4.69) is 10.6 Å². The molecule has 0 spiro atoms. The molecule has 1 saturated heterocycles. The zero-order chi connectivity index (χ0) is 9.68. The average molecular weight is 220 g/mol. The Hall–Kier alpha value is -0.360. The van der Waals surface area contributed by atoms with Crippen molar-refractivity contribution in [1.82, 2.24) is 10.6 Å². The fraction of sp³-hybridized carbons (Fsp3) is 0.714. The van der Waals surface area contributed by atoms with E-state index < -0.39 is 0 Å². The van der Waals surface area contributed by atoms with Gasteiger partial charge in [0.2, 0.25) is 0 Å². The molecule has 1 fully saturated rings. The Morgan fingerprint density at radius 2 is 2.23 bits per heavy atom. The van der Waals surface area contributed by atoms with Gasteiger partial charge in [-0.3, -0.25) is 10.1 Å². The summed E-state index contributed by atoms with van der Waals surface area (Å²) >= 11 is 3.54. The van der Waals surface area contributed by atoms with E-state index >= 15 is 0 Å². The van der Waals surface area contributed by atoms with Crippen molar-refractivity contribution in [3.05, 3.63) is 0 Å². The highest BCUT2D eigenvalue weighted by Gasteiger charge is 2.28. The monoisotopic (exact) mass is 220 g/mol. The third kappa shape index (κ3) is 3.48. The van der Waals surface area contributed by atoms with Crippen molar-refractivity contribution in [2.24, 2.45) is 0 Å². The molecule has 0 radical (unpaired) electrons. The molecule has 0 aromatic rings. The van der Waals surface area contributed by atoms with Crippen LogP contribution in [0, 0.1) is 0 Å². The lowest BCUT2D eigenvalue weighted by atomic mass is 10.2. The summed E-state index contributed by atoms with van der Waals surface area (Å²) in [4.78, 5) is 21.7. The largest absolute Gasteiger partial charge is 0.326 e. The molecule has 4 nitrogen and oxygen atoms in total. The molecule has 0 bridgehead atoms. The van der Waals surface area contributed by atoms with Gasteiger partial charge in [0, 0.05) is 5.08 Å². The SMILES string of the molecule is CSCSCCC1NC(=O)NC1=O. The van der Waals surface area contributed by atoms with Crippen molar-refractivity contribution in [3.63, 3.8) is 0 Å². The first-order chi connectivity index (χ1) is 6.24. The number of rotatable bonds is 5. The zero-order valence-electron chi connectivity index (χ0n) is 7.33. The predicted molar refractivity (Wildman–Crippen MR) is 55.9 cm³/mol. The van der Waals surface area contributed by atoms with Crippen LogP contribution in [0.4, 0.5) is 4.79 Å². The molecule has 1 unspecified atom stereocenters. The van der Waals surface area contributed by atoms with E-state index in [9.17, 15) is 9.59 Å². The van der Waals surface area contributed by atoms with Crippen LogP contribution in [0.1, 0.15) is 6.42 Å². The van der Waals surface area contributed by atoms with E-state index in [1.165, 1.54) is 0 Å². The average Bonchev–Trinajstić information content (AvgIpc) is 2.39. The molecular formula is C7H12N2O2S2. The maximum Gasteiger partial charge on any atom is 0.322 e. The van der Waals surface area contributed by atoms with Gasteiger partial charge in [0.05, 0.1) is 0 Å². The second kappa shape index (κ2) is 5.39. The Labute approximate surface area is 85.6 Å². The van der Waals surface area contributed by atoms with Gasteiger partial charge in [0.15, 0.2) is 0 Å². The summed E-state index contributed by atoms with van der Waals surface area (Å²) in [5.74, 6) is 0.703. The van der Waals surface area contributed by atoms with Crippen LogP contribution in [0.5, 0.6) is 0 Å². The van der Waals surface area contributed by atoms with Crippen molar-refractivity contribution >= 4 is 35.5 Å². The topological polar surface area (TPSA) is 58.2 Å². The van der Waals surface area contributed by atoms with Crippen LogP contribution in [-0.4, -0.2) is 35.1 Å². The Balaban J connectivity index is 2.14. The second-order valence-electron chi connectivity index (χ2n) is 2.62. The number of imide groups is 1. The normalized spacial score (nSPS) is 21.5. The minimum absolute atomic E-state index is 0.199. The minimum Gasteiger partial charge on any atom is -0.326 e. The molecule has 6 heteroatoms. The van der Waals surface area contributed by atoms with E-state index in [0.29, 0.717) is 6.42 Å². The third-order valence-electron chi connectivity index (χ3n) is 1.61. The van der Waals surface area contributed by atoms with Gasteiger partial charge in [0.25, 0.3) is 5.91 Å². The highest BCUT2D eigenvalue weighted by molar-refractivity contribution is 8.15. The van der Waals surface area contributed by atoms with Gasteiger partial charge in [-0.05, 0) is 18.4 Å². The van der Waals surface area contributed by atoms with Crippen molar-refractivity contribution in [2.45, 2.75) is 12.5 Å². The second-order valence-corrected chi connectivity index (χ2v) is 4.96. The van der Waals surface area contributed by atoms with Crippen molar-refractivity contribution in [1.29, 1.82) is 0 Å². The number of carbonyl (C=O) groups is 2. The molecular weight excluding hydrogens is 208 g/mol. The fourth-order valence-electron chi connectivity index (χ4n) is 1.01. The molecule has 1 aliphatic rings. The zero-order valence-corrected chi connectivity index (χ0v) is 8.96. The van der Waals surface area contributed by atoms with Crippen LogP contribution in [0.2, 0.25) is 0 Å². The van der Waals surface area contributed by atoms with Crippen LogP contribution in [0.15, 0.2) is 0 Å². The molecule has 0 aromatic carbocycles. The molecule has 1 heterocycles. The van der Waals surface area contributed by atoms with Crippen LogP contribution >= 0.6 is 23.5 Å². The van der Waals surface area contributed by atoms with Crippen molar-refractivity contribution in [2.75, 3.05) is 17.1 Å².